The molecular weight excluding hydrogens is 374 g/mol. The van der Waals surface area contributed by atoms with Crippen LogP contribution in [0.15, 0.2) is 29.7 Å². The van der Waals surface area contributed by atoms with Crippen LogP contribution in [0.25, 0.3) is 11.4 Å². The van der Waals surface area contributed by atoms with Crippen LogP contribution in [0.2, 0.25) is 0 Å². The summed E-state index contributed by atoms with van der Waals surface area (Å²) < 4.78 is 7.29. The van der Waals surface area contributed by atoms with Crippen LogP contribution in [0, 0.1) is 0 Å². The van der Waals surface area contributed by atoms with Crippen LogP contribution in [-0.4, -0.2) is 62.1 Å². The van der Waals surface area contributed by atoms with Gasteiger partial charge in [-0.1, -0.05) is 18.7 Å². The van der Waals surface area contributed by atoms with Gasteiger partial charge in [-0.05, 0) is 44.7 Å². The first-order valence-electron chi connectivity index (χ1n) is 9.95. The summed E-state index contributed by atoms with van der Waals surface area (Å²) in [7, 11) is 1.68. The summed E-state index contributed by atoms with van der Waals surface area (Å²) in [6, 6.07) is 4.19. The zero-order chi connectivity index (χ0) is 19.9. The predicted octanol–water partition coefficient (Wildman–Crippen LogP) is 3.26. The molecule has 8 heteroatoms. The van der Waals surface area contributed by atoms with Gasteiger partial charge in [0.25, 0.3) is 0 Å². The first kappa shape index (κ1) is 20.8. The van der Waals surface area contributed by atoms with Crippen molar-refractivity contribution in [2.45, 2.75) is 62.5 Å². The van der Waals surface area contributed by atoms with Gasteiger partial charge in [0.15, 0.2) is 11.0 Å². The van der Waals surface area contributed by atoms with E-state index in [-0.39, 0.29) is 11.2 Å². The molecule has 0 N–H and O–H groups in total. The van der Waals surface area contributed by atoms with E-state index in [2.05, 4.69) is 27.0 Å². The number of thioether (sulfide) groups is 1. The monoisotopic (exact) mass is 403 g/mol. The minimum atomic E-state index is -0.206. The number of ether oxygens (including phenoxy) is 1. The number of hydrogen-bond acceptors (Lipinski definition) is 6. The van der Waals surface area contributed by atoms with Gasteiger partial charge in [-0.15, -0.1) is 10.2 Å². The molecule has 0 aromatic carbocycles. The van der Waals surface area contributed by atoms with Crippen molar-refractivity contribution in [1.82, 2.24) is 24.6 Å². The molecule has 0 bridgehead atoms. The predicted molar refractivity (Wildman–Crippen MR) is 110 cm³/mol. The van der Waals surface area contributed by atoms with Crippen molar-refractivity contribution in [3.05, 3.63) is 24.5 Å². The van der Waals surface area contributed by atoms with E-state index < -0.39 is 0 Å². The normalized spacial score (nSPS) is 18.2. The molecule has 28 heavy (non-hydrogen) atoms. The van der Waals surface area contributed by atoms with Gasteiger partial charge in [0, 0.05) is 37.7 Å². The summed E-state index contributed by atoms with van der Waals surface area (Å²) in [6.07, 6.45) is 7.91. The lowest BCUT2D eigenvalue weighted by molar-refractivity contribution is -0.134. The van der Waals surface area contributed by atoms with E-state index in [1.54, 1.807) is 19.5 Å². The van der Waals surface area contributed by atoms with Crippen molar-refractivity contribution in [3.8, 4) is 11.4 Å². The molecule has 152 valence electrons. The van der Waals surface area contributed by atoms with Crippen LogP contribution >= 0.6 is 11.8 Å². The SMILES string of the molecule is CCC1CCCCN1C(=O)C(C)Sc1nnc(-c2ccncc2)n1CCOC. The number of rotatable bonds is 8. The Morgan fingerprint density at radius 2 is 2.11 bits per heavy atom. The zero-order valence-electron chi connectivity index (χ0n) is 16.9. The third-order valence-electron chi connectivity index (χ3n) is 5.19. The van der Waals surface area contributed by atoms with E-state index in [0.717, 1.165) is 42.4 Å². The molecule has 0 saturated carbocycles. The molecule has 3 rings (SSSR count). The first-order chi connectivity index (χ1) is 13.7. The van der Waals surface area contributed by atoms with Crippen molar-refractivity contribution in [1.29, 1.82) is 0 Å². The molecular formula is C20H29N5O2S. The highest BCUT2D eigenvalue weighted by Gasteiger charge is 2.30. The lowest BCUT2D eigenvalue weighted by atomic mass is 10.00. The summed E-state index contributed by atoms with van der Waals surface area (Å²) in [6.45, 7) is 6.18. The second kappa shape index (κ2) is 10.0. The van der Waals surface area contributed by atoms with Crippen LogP contribution in [0.3, 0.4) is 0 Å². The fourth-order valence-corrected chi connectivity index (χ4v) is 4.58. The number of piperidine rings is 1. The molecule has 2 atom stereocenters. The molecule has 1 aliphatic heterocycles. The Kier molecular flexibility index (Phi) is 7.44. The summed E-state index contributed by atoms with van der Waals surface area (Å²) in [5.74, 6) is 0.967. The third kappa shape index (κ3) is 4.72. The van der Waals surface area contributed by atoms with Crippen LogP contribution < -0.4 is 0 Å². The fraction of sp³-hybridized carbons (Fsp3) is 0.600. The molecule has 0 spiro atoms. The van der Waals surface area contributed by atoms with Gasteiger partial charge in [-0.3, -0.25) is 14.3 Å². The number of aromatic nitrogens is 4. The standard InChI is InChI=1S/C20H29N5O2S/c1-4-17-7-5-6-12-24(17)19(26)15(2)28-20-23-22-18(25(20)13-14-27-3)16-8-10-21-11-9-16/h8-11,15,17H,4-7,12-14H2,1-3H3. The summed E-state index contributed by atoms with van der Waals surface area (Å²) in [5, 5.41) is 9.30. The lowest BCUT2D eigenvalue weighted by Crippen LogP contribution is -2.46. The van der Waals surface area contributed by atoms with Crippen LogP contribution in [0.1, 0.15) is 39.5 Å². The topological polar surface area (TPSA) is 73.1 Å². The smallest absolute Gasteiger partial charge is 0.236 e. The second-order valence-corrected chi connectivity index (χ2v) is 8.34. The Bertz CT molecular complexity index is 767. The minimum absolute atomic E-state index is 0.198. The van der Waals surface area contributed by atoms with Crippen molar-refractivity contribution in [3.63, 3.8) is 0 Å². The molecule has 3 heterocycles. The van der Waals surface area contributed by atoms with Gasteiger partial charge >= 0.3 is 0 Å². The van der Waals surface area contributed by atoms with E-state index in [1.807, 2.05) is 23.6 Å². The Morgan fingerprint density at radius 3 is 2.82 bits per heavy atom. The van der Waals surface area contributed by atoms with Gasteiger partial charge in [-0.2, -0.15) is 0 Å². The highest BCUT2D eigenvalue weighted by atomic mass is 32.2. The third-order valence-corrected chi connectivity index (χ3v) is 6.25. The van der Waals surface area contributed by atoms with Crippen molar-refractivity contribution < 1.29 is 9.53 Å². The van der Waals surface area contributed by atoms with Gasteiger partial charge in [0.1, 0.15) is 0 Å². The van der Waals surface area contributed by atoms with E-state index in [9.17, 15) is 4.79 Å². The Balaban J connectivity index is 1.79. The maximum absolute atomic E-state index is 13.1. The molecule has 0 radical (unpaired) electrons. The molecule has 0 aliphatic carbocycles. The zero-order valence-corrected chi connectivity index (χ0v) is 17.7. The highest BCUT2D eigenvalue weighted by Crippen LogP contribution is 2.29. The molecule has 1 amide bonds. The van der Waals surface area contributed by atoms with E-state index in [4.69, 9.17) is 4.74 Å². The van der Waals surface area contributed by atoms with Gasteiger partial charge < -0.3 is 9.64 Å². The number of nitrogens with zero attached hydrogens (tertiary/aromatic N) is 5. The maximum Gasteiger partial charge on any atom is 0.236 e. The summed E-state index contributed by atoms with van der Waals surface area (Å²) in [4.78, 5) is 19.2. The number of likely N-dealkylation sites (tertiary alicyclic amines) is 1. The van der Waals surface area contributed by atoms with E-state index in [1.165, 1.54) is 18.2 Å². The number of amides is 1. The van der Waals surface area contributed by atoms with Gasteiger partial charge in [0.05, 0.1) is 18.4 Å². The van der Waals surface area contributed by atoms with E-state index in [0.29, 0.717) is 19.2 Å². The maximum atomic E-state index is 13.1. The number of pyridine rings is 1. The fourth-order valence-electron chi connectivity index (χ4n) is 3.63. The Hall–Kier alpha value is -1.93. The molecule has 2 unspecified atom stereocenters. The van der Waals surface area contributed by atoms with E-state index >= 15 is 0 Å². The van der Waals surface area contributed by atoms with Crippen molar-refractivity contribution >= 4 is 17.7 Å². The summed E-state index contributed by atoms with van der Waals surface area (Å²) in [5.41, 5.74) is 0.950. The average molecular weight is 404 g/mol. The number of carbonyl (C=O) groups is 1. The average Bonchev–Trinajstić information content (AvgIpc) is 3.14. The Labute approximate surface area is 170 Å². The lowest BCUT2D eigenvalue weighted by Gasteiger charge is -2.36. The highest BCUT2D eigenvalue weighted by molar-refractivity contribution is 8.00. The number of hydrogen-bond donors (Lipinski definition) is 0. The van der Waals surface area contributed by atoms with Crippen LogP contribution in [0.5, 0.6) is 0 Å². The Morgan fingerprint density at radius 1 is 1.32 bits per heavy atom. The number of methoxy groups -OCH3 is 1. The molecule has 1 saturated heterocycles. The molecule has 2 aromatic heterocycles. The van der Waals surface area contributed by atoms with Crippen LogP contribution in [0.4, 0.5) is 0 Å². The van der Waals surface area contributed by atoms with Gasteiger partial charge in [-0.25, -0.2) is 0 Å². The molecule has 7 nitrogen and oxygen atoms in total. The number of carbonyl (C=O) groups excluding carboxylic acids is 1. The molecule has 1 fully saturated rings. The van der Waals surface area contributed by atoms with Crippen molar-refractivity contribution in [2.75, 3.05) is 20.3 Å². The largest absolute Gasteiger partial charge is 0.383 e. The quantitative estimate of drug-likeness (QED) is 0.630. The van der Waals surface area contributed by atoms with Crippen LogP contribution in [-0.2, 0) is 16.1 Å². The second-order valence-electron chi connectivity index (χ2n) is 7.04. The summed E-state index contributed by atoms with van der Waals surface area (Å²) >= 11 is 1.48. The minimum Gasteiger partial charge on any atom is -0.383 e. The molecule has 1 aliphatic rings. The molecule has 2 aromatic rings. The first-order valence-corrected chi connectivity index (χ1v) is 10.8. The van der Waals surface area contributed by atoms with Gasteiger partial charge in [0.2, 0.25) is 5.91 Å². The van der Waals surface area contributed by atoms with Crippen molar-refractivity contribution in [2.24, 2.45) is 0 Å².